The molecule has 0 aliphatic carbocycles. The van der Waals surface area contributed by atoms with E-state index in [4.69, 9.17) is 0 Å². The van der Waals surface area contributed by atoms with Crippen LogP contribution in [0.1, 0.15) is 30.2 Å². The van der Waals surface area contributed by atoms with E-state index < -0.39 is 6.10 Å². The number of aliphatic hydroxyl groups is 1. The van der Waals surface area contributed by atoms with Gasteiger partial charge < -0.3 is 10.4 Å². The predicted molar refractivity (Wildman–Crippen MR) is 81.9 cm³/mol. The number of nitrogens with one attached hydrogen (secondary N) is 1. The molecule has 2 N–H and O–H groups in total. The van der Waals surface area contributed by atoms with E-state index in [0.717, 1.165) is 10.0 Å². The first-order chi connectivity index (χ1) is 9.56. The fourth-order valence-corrected chi connectivity index (χ4v) is 2.40. The molecule has 4 heteroatoms. The van der Waals surface area contributed by atoms with Crippen molar-refractivity contribution >= 4 is 15.9 Å². The molecule has 0 aliphatic rings. The molecule has 0 amide bonds. The van der Waals surface area contributed by atoms with Gasteiger partial charge in [0.25, 0.3) is 0 Å². The molecule has 0 saturated carbocycles. The molecule has 0 radical (unpaired) electrons. The second-order valence-electron chi connectivity index (χ2n) is 4.75. The van der Waals surface area contributed by atoms with Crippen LogP contribution < -0.4 is 5.32 Å². The smallest absolute Gasteiger partial charge is 0.123 e. The van der Waals surface area contributed by atoms with Crippen molar-refractivity contribution in [3.63, 3.8) is 0 Å². The zero-order valence-electron chi connectivity index (χ0n) is 11.2. The maximum atomic E-state index is 12.8. The highest BCUT2D eigenvalue weighted by Gasteiger charge is 2.10. The normalized spacial score (nSPS) is 14.0. The molecule has 106 valence electrons. The summed E-state index contributed by atoms with van der Waals surface area (Å²) in [5.74, 6) is -0.295. The van der Waals surface area contributed by atoms with Crippen LogP contribution in [0.25, 0.3) is 0 Å². The summed E-state index contributed by atoms with van der Waals surface area (Å²) in [6.07, 6.45) is -0.648. The lowest BCUT2D eigenvalue weighted by molar-refractivity contribution is 0.170. The number of aliphatic hydroxyl groups excluding tert-OH is 1. The highest BCUT2D eigenvalue weighted by Crippen LogP contribution is 2.19. The summed E-state index contributed by atoms with van der Waals surface area (Å²) in [7, 11) is 0. The van der Waals surface area contributed by atoms with Crippen LogP contribution in [0.2, 0.25) is 0 Å². The van der Waals surface area contributed by atoms with Gasteiger partial charge in [0, 0.05) is 17.1 Å². The summed E-state index contributed by atoms with van der Waals surface area (Å²) >= 11 is 3.44. The standard InChI is InChI=1S/C16H17BrFNO/c1-11(13-3-2-4-14(17)9-13)19-10-16(20)12-5-7-15(18)8-6-12/h2-9,11,16,19-20H,10H2,1H3. The Balaban J connectivity index is 1.93. The predicted octanol–water partition coefficient (Wildman–Crippen LogP) is 3.97. The van der Waals surface area contributed by atoms with Gasteiger partial charge >= 0.3 is 0 Å². The van der Waals surface area contributed by atoms with Crippen LogP contribution >= 0.6 is 15.9 Å². The minimum Gasteiger partial charge on any atom is -0.387 e. The zero-order valence-corrected chi connectivity index (χ0v) is 12.8. The summed E-state index contributed by atoms with van der Waals surface area (Å²) in [5, 5.41) is 13.3. The van der Waals surface area contributed by atoms with E-state index >= 15 is 0 Å². The Labute approximate surface area is 126 Å². The summed E-state index contributed by atoms with van der Waals surface area (Å²) in [6.45, 7) is 2.46. The summed E-state index contributed by atoms with van der Waals surface area (Å²) in [4.78, 5) is 0. The molecular formula is C16H17BrFNO. The molecule has 0 heterocycles. The fraction of sp³-hybridized carbons (Fsp3) is 0.250. The second-order valence-corrected chi connectivity index (χ2v) is 5.67. The zero-order chi connectivity index (χ0) is 14.5. The minimum absolute atomic E-state index is 0.127. The molecule has 2 rings (SSSR count). The SMILES string of the molecule is CC(NCC(O)c1ccc(F)cc1)c1cccc(Br)c1. The monoisotopic (exact) mass is 337 g/mol. The highest BCUT2D eigenvalue weighted by atomic mass is 79.9. The van der Waals surface area contributed by atoms with Crippen molar-refractivity contribution in [2.45, 2.75) is 19.1 Å². The van der Waals surface area contributed by atoms with E-state index in [1.165, 1.54) is 12.1 Å². The van der Waals surface area contributed by atoms with Crippen molar-refractivity contribution < 1.29 is 9.50 Å². The minimum atomic E-state index is -0.648. The van der Waals surface area contributed by atoms with Crippen LogP contribution in [0.4, 0.5) is 4.39 Å². The average Bonchev–Trinajstić information content (AvgIpc) is 2.45. The van der Waals surface area contributed by atoms with Gasteiger partial charge in [0.05, 0.1) is 6.10 Å². The van der Waals surface area contributed by atoms with E-state index in [1.54, 1.807) is 12.1 Å². The van der Waals surface area contributed by atoms with Gasteiger partial charge in [-0.2, -0.15) is 0 Å². The number of benzene rings is 2. The lowest BCUT2D eigenvalue weighted by atomic mass is 10.1. The van der Waals surface area contributed by atoms with Gasteiger partial charge in [-0.3, -0.25) is 0 Å². The maximum absolute atomic E-state index is 12.8. The Morgan fingerprint density at radius 1 is 1.15 bits per heavy atom. The Morgan fingerprint density at radius 3 is 2.50 bits per heavy atom. The van der Waals surface area contributed by atoms with E-state index in [9.17, 15) is 9.50 Å². The maximum Gasteiger partial charge on any atom is 0.123 e. The number of hydrogen-bond donors (Lipinski definition) is 2. The number of hydrogen-bond acceptors (Lipinski definition) is 2. The number of rotatable bonds is 5. The molecule has 2 unspecified atom stereocenters. The Hall–Kier alpha value is -1.23. The molecule has 0 aromatic heterocycles. The molecular weight excluding hydrogens is 321 g/mol. The molecule has 2 nitrogen and oxygen atoms in total. The van der Waals surface area contributed by atoms with E-state index in [0.29, 0.717) is 12.1 Å². The molecule has 0 aliphatic heterocycles. The van der Waals surface area contributed by atoms with Gasteiger partial charge in [-0.1, -0.05) is 40.2 Å². The number of halogens is 2. The molecule has 0 bridgehead atoms. The van der Waals surface area contributed by atoms with E-state index in [1.807, 2.05) is 31.2 Å². The third-order valence-electron chi connectivity index (χ3n) is 3.22. The second kappa shape index (κ2) is 6.97. The van der Waals surface area contributed by atoms with Crippen LogP contribution in [0.15, 0.2) is 53.0 Å². The lowest BCUT2D eigenvalue weighted by Gasteiger charge is -2.18. The van der Waals surface area contributed by atoms with Crippen LogP contribution in [0, 0.1) is 5.82 Å². The first kappa shape index (κ1) is 15.2. The first-order valence-electron chi connectivity index (χ1n) is 6.48. The topological polar surface area (TPSA) is 32.3 Å². The molecule has 2 atom stereocenters. The van der Waals surface area contributed by atoms with Crippen LogP contribution in [-0.4, -0.2) is 11.7 Å². The van der Waals surface area contributed by atoms with Crippen molar-refractivity contribution in [1.82, 2.24) is 5.32 Å². The van der Waals surface area contributed by atoms with E-state index in [-0.39, 0.29) is 11.9 Å². The quantitative estimate of drug-likeness (QED) is 0.865. The van der Waals surface area contributed by atoms with Crippen molar-refractivity contribution in [3.8, 4) is 0 Å². The van der Waals surface area contributed by atoms with Crippen LogP contribution in [-0.2, 0) is 0 Å². The molecule has 20 heavy (non-hydrogen) atoms. The van der Waals surface area contributed by atoms with Gasteiger partial charge in [0.15, 0.2) is 0 Å². The molecule has 0 fully saturated rings. The van der Waals surface area contributed by atoms with Crippen molar-refractivity contribution in [3.05, 3.63) is 69.9 Å². The van der Waals surface area contributed by atoms with Gasteiger partial charge in [-0.15, -0.1) is 0 Å². The van der Waals surface area contributed by atoms with Gasteiger partial charge in [-0.05, 0) is 42.3 Å². The average molecular weight is 338 g/mol. The largest absolute Gasteiger partial charge is 0.387 e. The Bertz CT molecular complexity index is 559. The summed E-state index contributed by atoms with van der Waals surface area (Å²) < 4.78 is 13.9. The van der Waals surface area contributed by atoms with Crippen LogP contribution in [0.5, 0.6) is 0 Å². The Kier molecular flexibility index (Phi) is 5.29. The molecule has 0 saturated heterocycles. The third-order valence-corrected chi connectivity index (χ3v) is 3.71. The van der Waals surface area contributed by atoms with Crippen molar-refractivity contribution in [2.24, 2.45) is 0 Å². The molecule has 2 aromatic rings. The fourth-order valence-electron chi connectivity index (χ4n) is 1.98. The highest BCUT2D eigenvalue weighted by molar-refractivity contribution is 9.10. The van der Waals surface area contributed by atoms with Gasteiger partial charge in [-0.25, -0.2) is 4.39 Å². The van der Waals surface area contributed by atoms with Gasteiger partial charge in [0.2, 0.25) is 0 Å². The Morgan fingerprint density at radius 2 is 1.85 bits per heavy atom. The van der Waals surface area contributed by atoms with Crippen molar-refractivity contribution in [2.75, 3.05) is 6.54 Å². The van der Waals surface area contributed by atoms with Gasteiger partial charge in [0.1, 0.15) is 5.82 Å². The van der Waals surface area contributed by atoms with E-state index in [2.05, 4.69) is 21.2 Å². The summed E-state index contributed by atoms with van der Waals surface area (Å²) in [5.41, 5.74) is 1.85. The molecule has 0 spiro atoms. The molecule has 2 aromatic carbocycles. The lowest BCUT2D eigenvalue weighted by Crippen LogP contribution is -2.24. The summed E-state index contributed by atoms with van der Waals surface area (Å²) in [6, 6.07) is 14.1. The third kappa shape index (κ3) is 4.13. The first-order valence-corrected chi connectivity index (χ1v) is 7.28. The van der Waals surface area contributed by atoms with Crippen LogP contribution in [0.3, 0.4) is 0 Å². The van der Waals surface area contributed by atoms with Crippen molar-refractivity contribution in [1.29, 1.82) is 0 Å².